The smallest absolute Gasteiger partial charge is 0.0643 e. The van der Waals surface area contributed by atoms with Crippen LogP contribution in [0.25, 0.3) is 0 Å². The van der Waals surface area contributed by atoms with Crippen LogP contribution in [0.1, 0.15) is 25.0 Å². The van der Waals surface area contributed by atoms with E-state index in [-0.39, 0.29) is 0 Å². The molecule has 0 atom stereocenters. The second kappa shape index (κ2) is 7.39. The summed E-state index contributed by atoms with van der Waals surface area (Å²) in [5.74, 6) is 0. The average molecular weight is 264 g/mol. The Morgan fingerprint density at radius 2 is 1.00 bits per heavy atom. The van der Waals surface area contributed by atoms with Gasteiger partial charge in [0.05, 0.1) is 24.5 Å². The highest BCUT2D eigenvalue weighted by Crippen LogP contribution is 2.03. The number of aliphatic imine (C=N–C) groups is 2. The Bertz CT molecular complexity index is 528. The largest absolute Gasteiger partial charge is 0.283 e. The quantitative estimate of drug-likeness (QED) is 0.719. The first-order chi connectivity index (χ1) is 9.75. The van der Waals surface area contributed by atoms with E-state index in [1.54, 1.807) is 0 Å². The molecule has 0 bridgehead atoms. The summed E-state index contributed by atoms with van der Waals surface area (Å²) in [5.41, 5.74) is 4.46. The Balaban J connectivity index is 1.95. The third-order valence-electron chi connectivity index (χ3n) is 3.21. The Labute approximate surface area is 120 Å². The van der Waals surface area contributed by atoms with Gasteiger partial charge in [0.2, 0.25) is 0 Å². The molecule has 0 spiro atoms. The van der Waals surface area contributed by atoms with Crippen molar-refractivity contribution in [2.75, 3.05) is 0 Å². The fraction of sp³-hybridized carbons (Fsp3) is 0.222. The van der Waals surface area contributed by atoms with Gasteiger partial charge in [0.25, 0.3) is 0 Å². The topological polar surface area (TPSA) is 24.7 Å². The third-order valence-corrected chi connectivity index (χ3v) is 3.21. The number of benzene rings is 2. The lowest BCUT2D eigenvalue weighted by molar-refractivity contribution is 1.05. The molecule has 0 aromatic heterocycles. The molecule has 2 heteroatoms. The molecule has 0 unspecified atom stereocenters. The molecule has 0 saturated heterocycles. The minimum Gasteiger partial charge on any atom is -0.283 e. The van der Waals surface area contributed by atoms with Crippen LogP contribution in [0.3, 0.4) is 0 Å². The van der Waals surface area contributed by atoms with Crippen LogP contribution in [0.4, 0.5) is 0 Å². The molecule has 102 valence electrons. The Morgan fingerprint density at radius 1 is 0.650 bits per heavy atom. The predicted molar refractivity (Wildman–Crippen MR) is 86.5 cm³/mol. The molecule has 0 fully saturated rings. The molecule has 0 aliphatic rings. The molecule has 0 aliphatic heterocycles. The van der Waals surface area contributed by atoms with Crippen molar-refractivity contribution in [2.24, 2.45) is 9.98 Å². The van der Waals surface area contributed by atoms with Gasteiger partial charge in [-0.1, -0.05) is 60.7 Å². The van der Waals surface area contributed by atoms with E-state index in [1.165, 1.54) is 11.1 Å². The van der Waals surface area contributed by atoms with Crippen LogP contribution in [0.2, 0.25) is 0 Å². The molecule has 0 amide bonds. The Kier molecular flexibility index (Phi) is 5.24. The first-order valence-corrected chi connectivity index (χ1v) is 6.86. The highest BCUT2D eigenvalue weighted by molar-refractivity contribution is 6.40. The zero-order chi connectivity index (χ0) is 14.2. The molecule has 0 aliphatic carbocycles. The lowest BCUT2D eigenvalue weighted by atomic mass is 10.2. The van der Waals surface area contributed by atoms with E-state index in [0.29, 0.717) is 13.1 Å². The zero-order valence-electron chi connectivity index (χ0n) is 12.1. The van der Waals surface area contributed by atoms with Crippen molar-refractivity contribution in [2.45, 2.75) is 26.9 Å². The lowest BCUT2D eigenvalue weighted by Crippen LogP contribution is -2.06. The molecule has 2 rings (SSSR count). The summed E-state index contributed by atoms with van der Waals surface area (Å²) >= 11 is 0. The van der Waals surface area contributed by atoms with Gasteiger partial charge >= 0.3 is 0 Å². The summed E-state index contributed by atoms with van der Waals surface area (Å²) < 4.78 is 0. The summed E-state index contributed by atoms with van der Waals surface area (Å²) in [7, 11) is 0. The third kappa shape index (κ3) is 4.47. The SMILES string of the molecule is CC(=N/Cc1ccccc1)/C(C)=N\Cc1ccccc1. The van der Waals surface area contributed by atoms with Crippen molar-refractivity contribution in [1.29, 1.82) is 0 Å². The number of nitrogens with zero attached hydrogens (tertiary/aromatic N) is 2. The summed E-state index contributed by atoms with van der Waals surface area (Å²) in [6.07, 6.45) is 0. The van der Waals surface area contributed by atoms with Gasteiger partial charge in [-0.3, -0.25) is 9.98 Å². The normalized spacial score (nSPS) is 12.5. The molecule has 0 radical (unpaired) electrons. The van der Waals surface area contributed by atoms with Gasteiger partial charge in [-0.25, -0.2) is 0 Å². The van der Waals surface area contributed by atoms with Crippen molar-refractivity contribution in [3.8, 4) is 0 Å². The fourth-order valence-corrected chi connectivity index (χ4v) is 1.82. The molecule has 0 N–H and O–H groups in total. The van der Waals surface area contributed by atoms with E-state index in [4.69, 9.17) is 0 Å². The van der Waals surface area contributed by atoms with E-state index < -0.39 is 0 Å². The molecule has 2 nitrogen and oxygen atoms in total. The highest BCUT2D eigenvalue weighted by atomic mass is 14.8. The van der Waals surface area contributed by atoms with Crippen molar-refractivity contribution in [3.63, 3.8) is 0 Å². The minimum atomic E-state index is 0.713. The predicted octanol–water partition coefficient (Wildman–Crippen LogP) is 4.31. The van der Waals surface area contributed by atoms with Crippen molar-refractivity contribution in [3.05, 3.63) is 71.8 Å². The molecule has 20 heavy (non-hydrogen) atoms. The van der Waals surface area contributed by atoms with Crippen LogP contribution in [0.15, 0.2) is 70.6 Å². The van der Waals surface area contributed by atoms with Gasteiger partial charge in [-0.05, 0) is 25.0 Å². The average Bonchev–Trinajstić information content (AvgIpc) is 2.52. The van der Waals surface area contributed by atoms with E-state index in [2.05, 4.69) is 34.3 Å². The number of rotatable bonds is 5. The monoisotopic (exact) mass is 264 g/mol. The molecular weight excluding hydrogens is 244 g/mol. The first-order valence-electron chi connectivity index (χ1n) is 6.86. The zero-order valence-corrected chi connectivity index (χ0v) is 12.1. The van der Waals surface area contributed by atoms with Crippen LogP contribution in [-0.4, -0.2) is 11.4 Å². The van der Waals surface area contributed by atoms with Gasteiger partial charge in [0.1, 0.15) is 0 Å². The van der Waals surface area contributed by atoms with Crippen molar-refractivity contribution in [1.82, 2.24) is 0 Å². The molecule has 0 heterocycles. The van der Waals surface area contributed by atoms with Crippen LogP contribution < -0.4 is 0 Å². The Hall–Kier alpha value is -2.22. The number of hydrogen-bond donors (Lipinski definition) is 0. The summed E-state index contributed by atoms with van der Waals surface area (Å²) in [6, 6.07) is 20.6. The maximum atomic E-state index is 4.59. The fourth-order valence-electron chi connectivity index (χ4n) is 1.82. The summed E-state index contributed by atoms with van der Waals surface area (Å²) in [5, 5.41) is 0. The summed E-state index contributed by atoms with van der Waals surface area (Å²) in [4.78, 5) is 9.18. The number of hydrogen-bond acceptors (Lipinski definition) is 2. The van der Waals surface area contributed by atoms with Gasteiger partial charge < -0.3 is 0 Å². The van der Waals surface area contributed by atoms with Crippen LogP contribution >= 0.6 is 0 Å². The molecular formula is C18H20N2. The van der Waals surface area contributed by atoms with E-state index in [0.717, 1.165) is 11.4 Å². The van der Waals surface area contributed by atoms with Gasteiger partial charge in [0, 0.05) is 0 Å². The standard InChI is InChI=1S/C18H20N2/c1-15(19-13-17-9-5-3-6-10-17)16(2)20-14-18-11-7-4-8-12-18/h3-12H,13-14H2,1-2H3/b19-15-,20-16-. The maximum absolute atomic E-state index is 4.59. The van der Waals surface area contributed by atoms with Crippen LogP contribution in [0.5, 0.6) is 0 Å². The van der Waals surface area contributed by atoms with E-state index >= 15 is 0 Å². The lowest BCUT2D eigenvalue weighted by Gasteiger charge is -2.02. The second-order valence-electron chi connectivity index (χ2n) is 4.77. The van der Waals surface area contributed by atoms with E-state index in [9.17, 15) is 0 Å². The second-order valence-corrected chi connectivity index (χ2v) is 4.77. The Morgan fingerprint density at radius 3 is 1.35 bits per heavy atom. The van der Waals surface area contributed by atoms with Crippen LogP contribution in [-0.2, 0) is 13.1 Å². The maximum Gasteiger partial charge on any atom is 0.0643 e. The van der Waals surface area contributed by atoms with Crippen molar-refractivity contribution < 1.29 is 0 Å². The minimum absolute atomic E-state index is 0.713. The molecule has 2 aromatic carbocycles. The van der Waals surface area contributed by atoms with Gasteiger partial charge in [-0.15, -0.1) is 0 Å². The first kappa shape index (κ1) is 14.2. The van der Waals surface area contributed by atoms with Crippen molar-refractivity contribution >= 4 is 11.4 Å². The van der Waals surface area contributed by atoms with Gasteiger partial charge in [0.15, 0.2) is 0 Å². The highest BCUT2D eigenvalue weighted by Gasteiger charge is 1.97. The van der Waals surface area contributed by atoms with Crippen LogP contribution in [0, 0.1) is 0 Å². The van der Waals surface area contributed by atoms with Gasteiger partial charge in [-0.2, -0.15) is 0 Å². The summed E-state index contributed by atoms with van der Waals surface area (Å²) in [6.45, 7) is 5.47. The molecule has 0 saturated carbocycles. The van der Waals surface area contributed by atoms with E-state index in [1.807, 2.05) is 50.2 Å². The molecule has 2 aromatic rings.